The number of hydrogen-bond acceptors (Lipinski definition) is 2. The number of aromatic nitrogens is 1. The standard InChI is InChI=1S/C20H25BrN2O2/c1-19(2)7-13-8-20(3,10-19)11-23(13)17(18(24)25)15-9-22-16-6-12(21)4-5-14(15)16/h4-6,9,13,17,22H,7-8,10-11H2,1-3H3,(H,24,25)/t13-,17+,20-/m1/s1. The normalized spacial score (nSPS) is 29.8. The molecule has 25 heavy (non-hydrogen) atoms. The van der Waals surface area contributed by atoms with E-state index in [0.717, 1.165) is 40.3 Å². The van der Waals surface area contributed by atoms with E-state index in [9.17, 15) is 9.90 Å². The van der Waals surface area contributed by atoms with E-state index < -0.39 is 12.0 Å². The molecule has 0 unspecified atom stereocenters. The lowest BCUT2D eigenvalue weighted by Gasteiger charge is -2.40. The first-order chi connectivity index (χ1) is 11.7. The first-order valence-electron chi connectivity index (χ1n) is 8.93. The SMILES string of the molecule is CC1(C)C[C@@H]2C[C@@](C)(CN2[C@H](C(=O)O)c2c[nH]c3cc(Br)ccc23)C1. The second kappa shape index (κ2) is 5.58. The second-order valence-electron chi connectivity index (χ2n) is 9.06. The average Bonchev–Trinajstić information content (AvgIpc) is 2.97. The number of aromatic amines is 1. The minimum atomic E-state index is -0.752. The van der Waals surface area contributed by atoms with Crippen LogP contribution < -0.4 is 0 Å². The molecule has 4 nitrogen and oxygen atoms in total. The van der Waals surface area contributed by atoms with Gasteiger partial charge in [0.15, 0.2) is 0 Å². The van der Waals surface area contributed by atoms with Crippen LogP contribution in [0.4, 0.5) is 0 Å². The quantitative estimate of drug-likeness (QED) is 0.759. The lowest BCUT2D eigenvalue weighted by Crippen LogP contribution is -2.39. The van der Waals surface area contributed by atoms with E-state index >= 15 is 0 Å². The van der Waals surface area contributed by atoms with Crippen LogP contribution in [-0.4, -0.2) is 33.5 Å². The summed E-state index contributed by atoms with van der Waals surface area (Å²) in [6.45, 7) is 7.83. The van der Waals surface area contributed by atoms with Gasteiger partial charge in [0.2, 0.25) is 0 Å². The Morgan fingerprint density at radius 2 is 2.12 bits per heavy atom. The maximum atomic E-state index is 12.3. The summed E-state index contributed by atoms with van der Waals surface area (Å²) in [6, 6.07) is 5.75. The molecule has 4 rings (SSSR count). The Bertz CT molecular complexity index is 843. The summed E-state index contributed by atoms with van der Waals surface area (Å²) in [7, 11) is 0. The highest BCUT2D eigenvalue weighted by atomic mass is 79.9. The largest absolute Gasteiger partial charge is 0.480 e. The zero-order chi connectivity index (χ0) is 18.0. The number of nitrogens with zero attached hydrogens (tertiary/aromatic N) is 1. The average molecular weight is 405 g/mol. The lowest BCUT2D eigenvalue weighted by atomic mass is 9.65. The number of rotatable bonds is 3. The number of halogens is 1. The Kier molecular flexibility index (Phi) is 3.82. The smallest absolute Gasteiger partial charge is 0.325 e. The van der Waals surface area contributed by atoms with Crippen LogP contribution in [0.25, 0.3) is 10.9 Å². The molecule has 1 aromatic heterocycles. The molecule has 1 aromatic carbocycles. The number of fused-ring (bicyclic) bond motifs is 3. The van der Waals surface area contributed by atoms with Gasteiger partial charge in [-0.15, -0.1) is 0 Å². The number of carboxylic acids is 1. The van der Waals surface area contributed by atoms with E-state index in [-0.39, 0.29) is 10.8 Å². The van der Waals surface area contributed by atoms with Gasteiger partial charge >= 0.3 is 5.97 Å². The molecule has 2 fully saturated rings. The number of benzene rings is 1. The molecule has 0 spiro atoms. The van der Waals surface area contributed by atoms with Crippen molar-refractivity contribution >= 4 is 32.8 Å². The molecule has 0 radical (unpaired) electrons. The van der Waals surface area contributed by atoms with Crippen LogP contribution in [0, 0.1) is 10.8 Å². The van der Waals surface area contributed by atoms with Gasteiger partial charge in [-0.2, -0.15) is 0 Å². The summed E-state index contributed by atoms with van der Waals surface area (Å²) < 4.78 is 0.992. The molecule has 1 saturated heterocycles. The molecule has 2 N–H and O–H groups in total. The van der Waals surface area contributed by atoms with Gasteiger partial charge in [-0.05, 0) is 42.2 Å². The monoisotopic (exact) mass is 404 g/mol. The summed E-state index contributed by atoms with van der Waals surface area (Å²) in [5, 5.41) is 11.1. The first-order valence-corrected chi connectivity index (χ1v) is 9.72. The summed E-state index contributed by atoms with van der Waals surface area (Å²) in [5.74, 6) is -0.752. The van der Waals surface area contributed by atoms with E-state index in [1.807, 2.05) is 24.4 Å². The van der Waals surface area contributed by atoms with Crippen molar-refractivity contribution in [1.82, 2.24) is 9.88 Å². The van der Waals surface area contributed by atoms with Gasteiger partial charge < -0.3 is 10.1 Å². The summed E-state index contributed by atoms with van der Waals surface area (Å²) in [6.07, 6.45) is 5.22. The molecular weight excluding hydrogens is 380 g/mol. The number of carboxylic acid groups (broad SMARTS) is 1. The predicted molar refractivity (Wildman–Crippen MR) is 103 cm³/mol. The van der Waals surface area contributed by atoms with Gasteiger partial charge in [-0.3, -0.25) is 9.69 Å². The zero-order valence-electron chi connectivity index (χ0n) is 15.0. The van der Waals surface area contributed by atoms with Gasteiger partial charge in [-0.25, -0.2) is 0 Å². The lowest BCUT2D eigenvalue weighted by molar-refractivity contribution is -0.144. The van der Waals surface area contributed by atoms with Crippen LogP contribution in [0.2, 0.25) is 0 Å². The fourth-order valence-electron chi connectivity index (χ4n) is 5.61. The van der Waals surface area contributed by atoms with E-state index in [1.165, 1.54) is 6.42 Å². The van der Waals surface area contributed by atoms with Crippen molar-refractivity contribution in [3.63, 3.8) is 0 Å². The van der Waals surface area contributed by atoms with Crippen LogP contribution >= 0.6 is 15.9 Å². The van der Waals surface area contributed by atoms with Crippen molar-refractivity contribution in [2.75, 3.05) is 6.54 Å². The molecule has 2 aromatic rings. The highest BCUT2D eigenvalue weighted by molar-refractivity contribution is 9.10. The number of likely N-dealkylation sites (tertiary alicyclic amines) is 1. The van der Waals surface area contributed by atoms with Crippen molar-refractivity contribution < 1.29 is 9.90 Å². The Morgan fingerprint density at radius 3 is 2.84 bits per heavy atom. The van der Waals surface area contributed by atoms with Crippen molar-refractivity contribution in [3.8, 4) is 0 Å². The van der Waals surface area contributed by atoms with Crippen LogP contribution in [0.5, 0.6) is 0 Å². The predicted octanol–water partition coefficient (Wildman–Crippen LogP) is 4.96. The second-order valence-corrected chi connectivity index (χ2v) is 9.98. The third-order valence-corrected chi connectivity index (χ3v) is 6.48. The third kappa shape index (κ3) is 2.91. The van der Waals surface area contributed by atoms with Gasteiger partial charge in [0.05, 0.1) is 0 Å². The van der Waals surface area contributed by atoms with E-state index in [1.54, 1.807) is 0 Å². The van der Waals surface area contributed by atoms with E-state index in [0.29, 0.717) is 6.04 Å². The fraction of sp³-hybridized carbons (Fsp3) is 0.550. The van der Waals surface area contributed by atoms with Crippen LogP contribution in [-0.2, 0) is 4.79 Å². The van der Waals surface area contributed by atoms with Crippen molar-refractivity contribution in [2.24, 2.45) is 10.8 Å². The molecule has 0 amide bonds. The molecule has 1 aliphatic carbocycles. The first kappa shape index (κ1) is 17.1. The molecule has 3 atom stereocenters. The van der Waals surface area contributed by atoms with E-state index in [4.69, 9.17) is 0 Å². The molecule has 1 aliphatic heterocycles. The van der Waals surface area contributed by atoms with Crippen molar-refractivity contribution in [2.45, 2.75) is 52.1 Å². The number of nitrogens with one attached hydrogen (secondary N) is 1. The van der Waals surface area contributed by atoms with Crippen LogP contribution in [0.1, 0.15) is 51.6 Å². The molecule has 1 saturated carbocycles. The van der Waals surface area contributed by atoms with Gasteiger partial charge in [0, 0.05) is 39.7 Å². The van der Waals surface area contributed by atoms with Gasteiger partial charge in [-0.1, -0.05) is 42.8 Å². The van der Waals surface area contributed by atoms with Crippen molar-refractivity contribution in [1.29, 1.82) is 0 Å². The molecule has 2 bridgehead atoms. The van der Waals surface area contributed by atoms with Crippen molar-refractivity contribution in [3.05, 3.63) is 34.4 Å². The molecule has 2 aliphatic rings. The number of H-pyrrole nitrogens is 1. The number of hydrogen-bond donors (Lipinski definition) is 2. The fourth-order valence-corrected chi connectivity index (χ4v) is 5.97. The summed E-state index contributed by atoms with van der Waals surface area (Å²) >= 11 is 3.48. The zero-order valence-corrected chi connectivity index (χ0v) is 16.6. The highest BCUT2D eigenvalue weighted by Crippen LogP contribution is 2.54. The minimum Gasteiger partial charge on any atom is -0.480 e. The molecular formula is C20H25BrN2O2. The topological polar surface area (TPSA) is 56.3 Å². The Labute approximate surface area is 156 Å². The number of aliphatic carboxylic acids is 1. The highest BCUT2D eigenvalue weighted by Gasteiger charge is 2.52. The third-order valence-electron chi connectivity index (χ3n) is 5.99. The van der Waals surface area contributed by atoms with Gasteiger partial charge in [0.25, 0.3) is 0 Å². The van der Waals surface area contributed by atoms with E-state index in [2.05, 4.69) is 46.6 Å². The Hall–Kier alpha value is -1.33. The maximum Gasteiger partial charge on any atom is 0.325 e. The van der Waals surface area contributed by atoms with Gasteiger partial charge in [0.1, 0.15) is 6.04 Å². The Balaban J connectivity index is 1.76. The van der Waals surface area contributed by atoms with Crippen LogP contribution in [0.3, 0.4) is 0 Å². The summed E-state index contributed by atoms with van der Waals surface area (Å²) in [4.78, 5) is 17.8. The molecule has 2 heterocycles. The minimum absolute atomic E-state index is 0.218. The van der Waals surface area contributed by atoms with Crippen LogP contribution in [0.15, 0.2) is 28.9 Å². The Morgan fingerprint density at radius 1 is 1.36 bits per heavy atom. The molecule has 134 valence electrons. The number of carbonyl (C=O) groups is 1. The maximum absolute atomic E-state index is 12.3. The molecule has 5 heteroatoms. The summed E-state index contributed by atoms with van der Waals surface area (Å²) in [5.41, 5.74) is 2.35.